The molecule has 1 aliphatic carbocycles. The van der Waals surface area contributed by atoms with Gasteiger partial charge in [0.25, 0.3) is 0 Å². The molecule has 0 aromatic rings. The second-order valence-corrected chi connectivity index (χ2v) is 6.92. The number of carbonyl (C=O) groups excluding carboxylic acids is 1. The molecule has 3 heteroatoms. The summed E-state index contributed by atoms with van der Waals surface area (Å²) in [5.74, 6) is 2.35. The van der Waals surface area contributed by atoms with Gasteiger partial charge in [-0.15, -0.1) is 0 Å². The standard InChI is InChI=1S/C16H30N2O/c1-4-5-13-6-7-18(10-13)16(19)14-9-15(17)12(3)8-11(14)2/h11-15H,4-10,17H2,1-3H3. The second-order valence-electron chi connectivity index (χ2n) is 6.92. The van der Waals surface area contributed by atoms with Crippen LogP contribution in [0.2, 0.25) is 0 Å². The van der Waals surface area contributed by atoms with Crippen LogP contribution >= 0.6 is 0 Å². The summed E-state index contributed by atoms with van der Waals surface area (Å²) >= 11 is 0. The van der Waals surface area contributed by atoms with Crippen LogP contribution in [0.1, 0.15) is 52.9 Å². The molecule has 5 unspecified atom stereocenters. The van der Waals surface area contributed by atoms with E-state index in [4.69, 9.17) is 5.73 Å². The van der Waals surface area contributed by atoms with Crippen LogP contribution in [0.3, 0.4) is 0 Å². The first-order valence-corrected chi connectivity index (χ1v) is 8.07. The summed E-state index contributed by atoms with van der Waals surface area (Å²) in [4.78, 5) is 14.8. The molecule has 19 heavy (non-hydrogen) atoms. The summed E-state index contributed by atoms with van der Waals surface area (Å²) in [5, 5.41) is 0. The third kappa shape index (κ3) is 3.31. The Morgan fingerprint density at radius 1 is 1.26 bits per heavy atom. The molecular weight excluding hydrogens is 236 g/mol. The molecule has 1 aliphatic heterocycles. The second kappa shape index (κ2) is 6.25. The van der Waals surface area contributed by atoms with Gasteiger partial charge in [0.05, 0.1) is 0 Å². The fourth-order valence-electron chi connectivity index (χ4n) is 3.94. The van der Waals surface area contributed by atoms with Gasteiger partial charge < -0.3 is 10.6 Å². The summed E-state index contributed by atoms with van der Waals surface area (Å²) in [6, 6.07) is 0.208. The smallest absolute Gasteiger partial charge is 0.226 e. The van der Waals surface area contributed by atoms with Crippen molar-refractivity contribution in [3.63, 3.8) is 0 Å². The molecule has 2 N–H and O–H groups in total. The average molecular weight is 266 g/mol. The molecular formula is C16H30N2O. The number of likely N-dealkylation sites (tertiary alicyclic amines) is 1. The summed E-state index contributed by atoms with van der Waals surface area (Å²) < 4.78 is 0. The molecule has 0 aromatic carbocycles. The molecule has 1 saturated heterocycles. The van der Waals surface area contributed by atoms with Crippen LogP contribution in [-0.2, 0) is 4.79 Å². The highest BCUT2D eigenvalue weighted by Crippen LogP contribution is 2.35. The number of nitrogens with two attached hydrogens (primary N) is 1. The molecule has 0 aromatic heterocycles. The molecule has 0 bridgehead atoms. The van der Waals surface area contributed by atoms with Crippen molar-refractivity contribution in [2.45, 2.75) is 58.9 Å². The molecule has 2 fully saturated rings. The largest absolute Gasteiger partial charge is 0.342 e. The topological polar surface area (TPSA) is 46.3 Å². The van der Waals surface area contributed by atoms with Crippen molar-refractivity contribution in [3.05, 3.63) is 0 Å². The van der Waals surface area contributed by atoms with Crippen LogP contribution in [0, 0.1) is 23.7 Å². The number of hydrogen-bond acceptors (Lipinski definition) is 2. The quantitative estimate of drug-likeness (QED) is 0.853. The maximum Gasteiger partial charge on any atom is 0.226 e. The Labute approximate surface area is 117 Å². The molecule has 1 heterocycles. The first kappa shape index (κ1) is 14.8. The Bertz CT molecular complexity index is 318. The van der Waals surface area contributed by atoms with Crippen molar-refractivity contribution >= 4 is 5.91 Å². The van der Waals surface area contributed by atoms with Gasteiger partial charge in [0, 0.05) is 25.0 Å². The van der Waals surface area contributed by atoms with E-state index in [1.165, 1.54) is 19.3 Å². The lowest BCUT2D eigenvalue weighted by atomic mass is 9.72. The van der Waals surface area contributed by atoms with E-state index in [1.54, 1.807) is 0 Å². The highest BCUT2D eigenvalue weighted by Gasteiger charge is 2.38. The van der Waals surface area contributed by atoms with Crippen molar-refractivity contribution in [3.8, 4) is 0 Å². The summed E-state index contributed by atoms with van der Waals surface area (Å²) in [6.45, 7) is 8.63. The van der Waals surface area contributed by atoms with Gasteiger partial charge in [-0.05, 0) is 43.4 Å². The monoisotopic (exact) mass is 266 g/mol. The van der Waals surface area contributed by atoms with E-state index < -0.39 is 0 Å². The third-order valence-electron chi connectivity index (χ3n) is 5.30. The lowest BCUT2D eigenvalue weighted by Gasteiger charge is -2.37. The highest BCUT2D eigenvalue weighted by atomic mass is 16.2. The zero-order valence-corrected chi connectivity index (χ0v) is 12.8. The Kier molecular flexibility index (Phi) is 4.88. The Balaban J connectivity index is 1.92. The zero-order valence-electron chi connectivity index (χ0n) is 12.8. The minimum absolute atomic E-state index is 0.173. The lowest BCUT2D eigenvalue weighted by Crippen LogP contribution is -2.46. The maximum absolute atomic E-state index is 12.7. The average Bonchev–Trinajstić information content (AvgIpc) is 2.82. The van der Waals surface area contributed by atoms with E-state index in [1.807, 2.05) is 0 Å². The van der Waals surface area contributed by atoms with E-state index >= 15 is 0 Å². The minimum Gasteiger partial charge on any atom is -0.342 e. The Hall–Kier alpha value is -0.570. The van der Waals surface area contributed by atoms with Crippen LogP contribution in [0.5, 0.6) is 0 Å². The van der Waals surface area contributed by atoms with Crippen molar-refractivity contribution in [1.29, 1.82) is 0 Å². The number of hydrogen-bond donors (Lipinski definition) is 1. The first-order valence-electron chi connectivity index (χ1n) is 8.07. The fourth-order valence-corrected chi connectivity index (χ4v) is 3.94. The predicted molar refractivity (Wildman–Crippen MR) is 78.6 cm³/mol. The molecule has 1 saturated carbocycles. The van der Waals surface area contributed by atoms with Gasteiger partial charge in [0.1, 0.15) is 0 Å². The molecule has 2 aliphatic rings. The first-order chi connectivity index (χ1) is 9.02. The van der Waals surface area contributed by atoms with Crippen LogP contribution in [0.4, 0.5) is 0 Å². The normalized spacial score (nSPS) is 39.6. The minimum atomic E-state index is 0.173. The van der Waals surface area contributed by atoms with Crippen molar-refractivity contribution in [2.24, 2.45) is 29.4 Å². The van der Waals surface area contributed by atoms with E-state index in [0.29, 0.717) is 17.7 Å². The molecule has 1 amide bonds. The Morgan fingerprint density at radius 3 is 2.68 bits per heavy atom. The lowest BCUT2D eigenvalue weighted by molar-refractivity contribution is -0.138. The Morgan fingerprint density at radius 2 is 2.00 bits per heavy atom. The van der Waals surface area contributed by atoms with Crippen LogP contribution < -0.4 is 5.73 Å². The molecule has 3 nitrogen and oxygen atoms in total. The maximum atomic E-state index is 12.7. The van der Waals surface area contributed by atoms with Crippen molar-refractivity contribution < 1.29 is 4.79 Å². The molecule has 110 valence electrons. The van der Waals surface area contributed by atoms with E-state index in [-0.39, 0.29) is 12.0 Å². The SMILES string of the molecule is CCCC1CCN(C(=O)C2CC(N)C(C)CC2C)C1. The molecule has 0 radical (unpaired) electrons. The van der Waals surface area contributed by atoms with E-state index in [2.05, 4.69) is 25.7 Å². The molecule has 0 spiro atoms. The van der Waals surface area contributed by atoms with Gasteiger partial charge in [0.15, 0.2) is 0 Å². The summed E-state index contributed by atoms with van der Waals surface area (Å²) in [6.07, 6.45) is 5.68. The zero-order chi connectivity index (χ0) is 14.0. The van der Waals surface area contributed by atoms with Crippen LogP contribution in [-0.4, -0.2) is 29.9 Å². The van der Waals surface area contributed by atoms with Gasteiger partial charge in [-0.2, -0.15) is 0 Å². The van der Waals surface area contributed by atoms with Gasteiger partial charge in [-0.3, -0.25) is 4.79 Å². The number of carbonyl (C=O) groups is 1. The van der Waals surface area contributed by atoms with Gasteiger partial charge in [-0.1, -0.05) is 27.2 Å². The fraction of sp³-hybridized carbons (Fsp3) is 0.938. The van der Waals surface area contributed by atoms with Gasteiger partial charge in [-0.25, -0.2) is 0 Å². The van der Waals surface area contributed by atoms with Crippen molar-refractivity contribution in [1.82, 2.24) is 4.90 Å². The van der Waals surface area contributed by atoms with Gasteiger partial charge >= 0.3 is 0 Å². The summed E-state index contributed by atoms with van der Waals surface area (Å²) in [7, 11) is 0. The van der Waals surface area contributed by atoms with Crippen LogP contribution in [0.25, 0.3) is 0 Å². The summed E-state index contributed by atoms with van der Waals surface area (Å²) in [5.41, 5.74) is 6.17. The van der Waals surface area contributed by atoms with E-state index in [0.717, 1.165) is 31.8 Å². The van der Waals surface area contributed by atoms with Crippen LogP contribution in [0.15, 0.2) is 0 Å². The van der Waals surface area contributed by atoms with Gasteiger partial charge in [0.2, 0.25) is 5.91 Å². The molecule has 5 atom stereocenters. The predicted octanol–water partition coefficient (Wildman–Crippen LogP) is 2.64. The molecule has 2 rings (SSSR count). The number of amides is 1. The third-order valence-corrected chi connectivity index (χ3v) is 5.30. The van der Waals surface area contributed by atoms with E-state index in [9.17, 15) is 4.79 Å². The van der Waals surface area contributed by atoms with Crippen molar-refractivity contribution in [2.75, 3.05) is 13.1 Å². The number of rotatable bonds is 3. The highest BCUT2D eigenvalue weighted by molar-refractivity contribution is 5.79. The number of nitrogens with zero attached hydrogens (tertiary/aromatic N) is 1.